The van der Waals surface area contributed by atoms with Gasteiger partial charge < -0.3 is 19.4 Å². The molecule has 1 atom stereocenters. The van der Waals surface area contributed by atoms with Gasteiger partial charge in [0, 0.05) is 13.6 Å². The lowest BCUT2D eigenvalue weighted by Crippen LogP contribution is -2.48. The summed E-state index contributed by atoms with van der Waals surface area (Å²) in [5.74, 6) is 1.51. The zero-order valence-corrected chi connectivity index (χ0v) is 19.6. The van der Waals surface area contributed by atoms with Gasteiger partial charge in [-0.05, 0) is 29.5 Å². The number of morpholine rings is 1. The summed E-state index contributed by atoms with van der Waals surface area (Å²) in [7, 11) is 1.81. The van der Waals surface area contributed by atoms with Crippen molar-refractivity contribution in [3.05, 3.63) is 64.9 Å². The van der Waals surface area contributed by atoms with Gasteiger partial charge >= 0.3 is 0 Å². The lowest BCUT2D eigenvalue weighted by molar-refractivity contribution is -0.00834. The maximum absolute atomic E-state index is 6.03. The van der Waals surface area contributed by atoms with E-state index in [1.165, 1.54) is 11.1 Å². The Hall–Kier alpha value is -1.91. The molecule has 6 nitrogen and oxygen atoms in total. The molecule has 1 N–H and O–H groups in total. The fourth-order valence-corrected chi connectivity index (χ4v) is 4.04. The summed E-state index contributed by atoms with van der Waals surface area (Å²) in [6, 6.07) is 12.4. The highest BCUT2D eigenvalue weighted by Gasteiger charge is 2.25. The van der Waals surface area contributed by atoms with Crippen LogP contribution in [0.5, 0.6) is 0 Å². The number of oxazole rings is 1. The number of hydrogen-bond acceptors (Lipinski definition) is 5. The standard InChI is InChI=1S/C21H24N4O2S.HI/c1-15-6-3-4-7-17(15)18-13-25(9-10-26-18)21(22-2)23-12-16-14-27-20(24-16)19-8-5-11-28-19;/h3-8,11,14,18H,9-10,12-13H2,1-2H3,(H,22,23);1H. The minimum Gasteiger partial charge on any atom is -0.443 e. The summed E-state index contributed by atoms with van der Waals surface area (Å²) in [5.41, 5.74) is 3.34. The number of aliphatic imine (C=N–C) groups is 1. The molecule has 0 saturated carbocycles. The number of ether oxygens (including phenoxy) is 1. The molecule has 1 saturated heterocycles. The van der Waals surface area contributed by atoms with Gasteiger partial charge in [0.1, 0.15) is 12.4 Å². The van der Waals surface area contributed by atoms with Crippen LogP contribution in [0.3, 0.4) is 0 Å². The van der Waals surface area contributed by atoms with Crippen LogP contribution in [-0.2, 0) is 11.3 Å². The number of hydrogen-bond donors (Lipinski definition) is 1. The molecule has 0 aliphatic carbocycles. The second kappa shape index (κ2) is 10.2. The Morgan fingerprint density at radius 3 is 2.93 bits per heavy atom. The van der Waals surface area contributed by atoms with Crippen molar-refractivity contribution < 1.29 is 9.15 Å². The van der Waals surface area contributed by atoms with E-state index in [4.69, 9.17) is 9.15 Å². The third kappa shape index (κ3) is 5.18. The number of thiophene rings is 1. The first-order chi connectivity index (χ1) is 13.7. The molecule has 3 heterocycles. The molecule has 1 fully saturated rings. The molecule has 4 rings (SSSR count). The quantitative estimate of drug-likeness (QED) is 0.310. The number of halogens is 1. The Morgan fingerprint density at radius 2 is 2.17 bits per heavy atom. The van der Waals surface area contributed by atoms with Crippen LogP contribution in [0.2, 0.25) is 0 Å². The number of rotatable bonds is 4. The van der Waals surface area contributed by atoms with Gasteiger partial charge in [0.15, 0.2) is 5.96 Å². The van der Waals surface area contributed by atoms with E-state index in [-0.39, 0.29) is 30.1 Å². The van der Waals surface area contributed by atoms with Crippen molar-refractivity contribution in [2.75, 3.05) is 26.7 Å². The lowest BCUT2D eigenvalue weighted by atomic mass is 10.0. The van der Waals surface area contributed by atoms with Crippen LogP contribution in [0, 0.1) is 6.92 Å². The molecule has 1 unspecified atom stereocenters. The van der Waals surface area contributed by atoms with E-state index < -0.39 is 0 Å². The molecule has 3 aromatic rings. The Morgan fingerprint density at radius 1 is 1.31 bits per heavy atom. The first kappa shape index (κ1) is 21.8. The molecule has 1 aromatic carbocycles. The molecule has 0 bridgehead atoms. The predicted octanol–water partition coefficient (Wildman–Crippen LogP) is 4.48. The van der Waals surface area contributed by atoms with Crippen LogP contribution < -0.4 is 5.32 Å². The van der Waals surface area contributed by atoms with Gasteiger partial charge in [-0.1, -0.05) is 30.3 Å². The van der Waals surface area contributed by atoms with Crippen LogP contribution in [0.4, 0.5) is 0 Å². The fourth-order valence-electron chi connectivity index (χ4n) is 3.38. The number of benzene rings is 1. The molecule has 1 aliphatic heterocycles. The summed E-state index contributed by atoms with van der Waals surface area (Å²) >= 11 is 1.62. The fraction of sp³-hybridized carbons (Fsp3) is 0.333. The van der Waals surface area contributed by atoms with Gasteiger partial charge in [0.05, 0.1) is 30.3 Å². The summed E-state index contributed by atoms with van der Waals surface area (Å²) in [6.45, 7) is 4.94. The van der Waals surface area contributed by atoms with Crippen LogP contribution in [0.25, 0.3) is 10.8 Å². The Balaban J connectivity index is 0.00000240. The van der Waals surface area contributed by atoms with Crippen molar-refractivity contribution in [3.63, 3.8) is 0 Å². The van der Waals surface area contributed by atoms with Gasteiger partial charge in [-0.15, -0.1) is 35.3 Å². The van der Waals surface area contributed by atoms with Crippen LogP contribution in [0.15, 0.2) is 57.5 Å². The highest BCUT2D eigenvalue weighted by Crippen LogP contribution is 2.25. The van der Waals surface area contributed by atoms with E-state index >= 15 is 0 Å². The molecule has 154 valence electrons. The average Bonchev–Trinajstić information content (AvgIpc) is 3.41. The van der Waals surface area contributed by atoms with E-state index in [1.807, 2.05) is 17.5 Å². The van der Waals surface area contributed by atoms with Crippen LogP contribution >= 0.6 is 35.3 Å². The monoisotopic (exact) mass is 524 g/mol. The number of nitrogens with zero attached hydrogens (tertiary/aromatic N) is 3. The average molecular weight is 524 g/mol. The summed E-state index contributed by atoms with van der Waals surface area (Å²) < 4.78 is 11.6. The Kier molecular flexibility index (Phi) is 7.68. The largest absolute Gasteiger partial charge is 0.443 e. The molecule has 2 aromatic heterocycles. The second-order valence-corrected chi connectivity index (χ2v) is 7.63. The number of guanidine groups is 1. The number of aromatic nitrogens is 1. The van der Waals surface area contributed by atoms with Crippen LogP contribution in [0.1, 0.15) is 22.9 Å². The summed E-state index contributed by atoms with van der Waals surface area (Å²) in [4.78, 5) is 12.3. The van der Waals surface area contributed by atoms with Crippen molar-refractivity contribution in [3.8, 4) is 10.8 Å². The van der Waals surface area contributed by atoms with Crippen LogP contribution in [-0.4, -0.2) is 42.6 Å². The van der Waals surface area contributed by atoms with E-state index in [1.54, 1.807) is 24.6 Å². The lowest BCUT2D eigenvalue weighted by Gasteiger charge is -2.35. The molecular formula is C21H25IN4O2S. The van der Waals surface area contributed by atoms with Gasteiger partial charge in [-0.25, -0.2) is 4.98 Å². The smallest absolute Gasteiger partial charge is 0.236 e. The van der Waals surface area contributed by atoms with Crippen molar-refractivity contribution in [1.29, 1.82) is 0 Å². The molecule has 0 radical (unpaired) electrons. The topological polar surface area (TPSA) is 62.9 Å². The molecule has 0 spiro atoms. The van der Waals surface area contributed by atoms with Crippen molar-refractivity contribution in [2.24, 2.45) is 4.99 Å². The SMILES string of the molecule is CN=C(NCc1coc(-c2cccs2)n1)N1CCOC(c2ccccc2C)C1.I. The predicted molar refractivity (Wildman–Crippen MR) is 127 cm³/mol. The number of nitrogens with one attached hydrogen (secondary N) is 1. The second-order valence-electron chi connectivity index (χ2n) is 6.68. The maximum atomic E-state index is 6.03. The first-order valence-electron chi connectivity index (χ1n) is 9.35. The van der Waals surface area contributed by atoms with E-state index in [0.29, 0.717) is 19.0 Å². The molecule has 8 heteroatoms. The Labute approximate surface area is 192 Å². The molecular weight excluding hydrogens is 499 g/mol. The van der Waals surface area contributed by atoms with Gasteiger partial charge in [0.25, 0.3) is 0 Å². The first-order valence-corrected chi connectivity index (χ1v) is 10.2. The van der Waals surface area contributed by atoms with Crippen molar-refractivity contribution in [2.45, 2.75) is 19.6 Å². The molecule has 0 amide bonds. The third-order valence-corrected chi connectivity index (χ3v) is 5.68. The van der Waals surface area contributed by atoms with Gasteiger partial charge in [-0.2, -0.15) is 0 Å². The van der Waals surface area contributed by atoms with Gasteiger partial charge in [0.2, 0.25) is 5.89 Å². The highest BCUT2D eigenvalue weighted by atomic mass is 127. The number of aryl methyl sites for hydroxylation is 1. The normalized spacial score (nSPS) is 17.1. The zero-order chi connectivity index (χ0) is 19.3. The summed E-state index contributed by atoms with van der Waals surface area (Å²) in [6.07, 6.45) is 1.75. The van der Waals surface area contributed by atoms with E-state index in [0.717, 1.165) is 29.6 Å². The maximum Gasteiger partial charge on any atom is 0.236 e. The van der Waals surface area contributed by atoms with Crippen molar-refractivity contribution in [1.82, 2.24) is 15.2 Å². The zero-order valence-electron chi connectivity index (χ0n) is 16.5. The van der Waals surface area contributed by atoms with Crippen molar-refractivity contribution >= 4 is 41.3 Å². The van der Waals surface area contributed by atoms with Gasteiger partial charge in [-0.3, -0.25) is 4.99 Å². The summed E-state index contributed by atoms with van der Waals surface area (Å²) in [5, 5.41) is 5.42. The van der Waals surface area contributed by atoms with E-state index in [2.05, 4.69) is 51.4 Å². The third-order valence-electron chi connectivity index (χ3n) is 4.82. The molecule has 29 heavy (non-hydrogen) atoms. The Bertz CT molecular complexity index is 942. The minimum absolute atomic E-state index is 0. The highest BCUT2D eigenvalue weighted by molar-refractivity contribution is 14.0. The van der Waals surface area contributed by atoms with E-state index in [9.17, 15) is 0 Å². The molecule has 1 aliphatic rings. The minimum atomic E-state index is 0.